The molecule has 2 atom stereocenters. The summed E-state index contributed by atoms with van der Waals surface area (Å²) in [6.07, 6.45) is 2.21. The third-order valence-electron chi connectivity index (χ3n) is 4.00. The van der Waals surface area contributed by atoms with Crippen molar-refractivity contribution >= 4 is 11.6 Å². The van der Waals surface area contributed by atoms with Gasteiger partial charge in [0.05, 0.1) is 0 Å². The standard InChI is InChI=1S/C19H24ClN/c1-3-19(17-10-7-11-18(20)14-17)21-13-12-15(2)16-8-5-4-6-9-16/h4-11,14-15,19,21H,3,12-13H2,1-2H3. The molecule has 2 aromatic carbocycles. The van der Waals surface area contributed by atoms with Crippen LogP contribution in [-0.4, -0.2) is 6.54 Å². The van der Waals surface area contributed by atoms with Crippen LogP contribution in [0.3, 0.4) is 0 Å². The fourth-order valence-corrected chi connectivity index (χ4v) is 2.84. The van der Waals surface area contributed by atoms with Gasteiger partial charge in [-0.3, -0.25) is 0 Å². The van der Waals surface area contributed by atoms with Crippen molar-refractivity contribution in [1.82, 2.24) is 5.32 Å². The number of hydrogen-bond acceptors (Lipinski definition) is 1. The lowest BCUT2D eigenvalue weighted by molar-refractivity contribution is 0.493. The zero-order valence-electron chi connectivity index (χ0n) is 12.9. The molecule has 112 valence electrons. The first kappa shape index (κ1) is 16.1. The minimum Gasteiger partial charge on any atom is -0.310 e. The van der Waals surface area contributed by atoms with E-state index in [0.29, 0.717) is 12.0 Å². The summed E-state index contributed by atoms with van der Waals surface area (Å²) in [5.41, 5.74) is 2.69. The fraction of sp³-hybridized carbons (Fsp3) is 0.368. The van der Waals surface area contributed by atoms with Crippen molar-refractivity contribution in [3.63, 3.8) is 0 Å². The number of nitrogens with one attached hydrogen (secondary N) is 1. The highest BCUT2D eigenvalue weighted by Gasteiger charge is 2.10. The number of rotatable bonds is 7. The molecule has 1 N–H and O–H groups in total. The first-order valence-electron chi connectivity index (χ1n) is 7.74. The fourth-order valence-electron chi connectivity index (χ4n) is 2.64. The SMILES string of the molecule is CCC(NCCC(C)c1ccccc1)c1cccc(Cl)c1. The summed E-state index contributed by atoms with van der Waals surface area (Å²) in [7, 11) is 0. The van der Waals surface area contributed by atoms with Gasteiger partial charge in [0, 0.05) is 11.1 Å². The molecule has 21 heavy (non-hydrogen) atoms. The van der Waals surface area contributed by atoms with Crippen molar-refractivity contribution < 1.29 is 0 Å². The van der Waals surface area contributed by atoms with Crippen LogP contribution in [0, 0.1) is 0 Å². The summed E-state index contributed by atoms with van der Waals surface area (Å²) >= 11 is 6.08. The molecule has 0 spiro atoms. The Balaban J connectivity index is 1.86. The maximum atomic E-state index is 6.08. The monoisotopic (exact) mass is 301 g/mol. The van der Waals surface area contributed by atoms with Crippen LogP contribution in [-0.2, 0) is 0 Å². The summed E-state index contributed by atoms with van der Waals surface area (Å²) in [4.78, 5) is 0. The number of benzene rings is 2. The van der Waals surface area contributed by atoms with E-state index in [4.69, 9.17) is 11.6 Å². The van der Waals surface area contributed by atoms with E-state index in [-0.39, 0.29) is 0 Å². The molecule has 0 radical (unpaired) electrons. The van der Waals surface area contributed by atoms with Gasteiger partial charge in [-0.15, -0.1) is 0 Å². The molecule has 0 amide bonds. The van der Waals surface area contributed by atoms with Gasteiger partial charge >= 0.3 is 0 Å². The third-order valence-corrected chi connectivity index (χ3v) is 4.23. The normalized spacial score (nSPS) is 13.9. The molecule has 2 aromatic rings. The van der Waals surface area contributed by atoms with Crippen LogP contribution in [0.4, 0.5) is 0 Å². The highest BCUT2D eigenvalue weighted by molar-refractivity contribution is 6.30. The predicted octanol–water partition coefficient (Wildman–Crippen LogP) is 5.57. The highest BCUT2D eigenvalue weighted by Crippen LogP contribution is 2.22. The smallest absolute Gasteiger partial charge is 0.0409 e. The molecule has 0 bridgehead atoms. The molecule has 2 rings (SSSR count). The quantitative estimate of drug-likeness (QED) is 0.704. The molecule has 0 aromatic heterocycles. The zero-order chi connectivity index (χ0) is 15.1. The van der Waals surface area contributed by atoms with E-state index in [2.05, 4.69) is 61.6 Å². The molecule has 2 unspecified atom stereocenters. The Morgan fingerprint density at radius 1 is 1.00 bits per heavy atom. The second-order valence-corrected chi connectivity index (χ2v) is 6.01. The first-order valence-corrected chi connectivity index (χ1v) is 8.12. The molecular weight excluding hydrogens is 278 g/mol. The maximum Gasteiger partial charge on any atom is 0.0409 e. The minimum absolute atomic E-state index is 0.381. The van der Waals surface area contributed by atoms with Gasteiger partial charge in [0.15, 0.2) is 0 Å². The molecule has 0 saturated carbocycles. The maximum absolute atomic E-state index is 6.08. The molecule has 0 saturated heterocycles. The topological polar surface area (TPSA) is 12.0 Å². The third kappa shape index (κ3) is 4.87. The lowest BCUT2D eigenvalue weighted by Gasteiger charge is -2.19. The van der Waals surface area contributed by atoms with E-state index in [0.717, 1.165) is 24.4 Å². The van der Waals surface area contributed by atoms with Gasteiger partial charge in [-0.25, -0.2) is 0 Å². The van der Waals surface area contributed by atoms with E-state index < -0.39 is 0 Å². The van der Waals surface area contributed by atoms with Crippen molar-refractivity contribution in [2.75, 3.05) is 6.54 Å². The second kappa shape index (κ2) is 8.21. The molecule has 0 fully saturated rings. The van der Waals surface area contributed by atoms with Gasteiger partial charge in [-0.1, -0.05) is 67.9 Å². The summed E-state index contributed by atoms with van der Waals surface area (Å²) in [6, 6.07) is 19.2. The van der Waals surface area contributed by atoms with Gasteiger partial charge in [0.25, 0.3) is 0 Å². The average Bonchev–Trinajstić information content (AvgIpc) is 2.52. The number of hydrogen-bond donors (Lipinski definition) is 1. The Kier molecular flexibility index (Phi) is 6.28. The van der Waals surface area contributed by atoms with Crippen LogP contribution < -0.4 is 5.32 Å². The van der Waals surface area contributed by atoms with Crippen molar-refractivity contribution in [1.29, 1.82) is 0 Å². The number of halogens is 1. The lowest BCUT2D eigenvalue weighted by atomic mass is 9.97. The van der Waals surface area contributed by atoms with E-state index in [9.17, 15) is 0 Å². The lowest BCUT2D eigenvalue weighted by Crippen LogP contribution is -2.23. The average molecular weight is 302 g/mol. The molecule has 2 heteroatoms. The van der Waals surface area contributed by atoms with Crippen LogP contribution in [0.25, 0.3) is 0 Å². The van der Waals surface area contributed by atoms with Crippen LogP contribution in [0.1, 0.15) is 49.8 Å². The Bertz CT molecular complexity index is 538. The largest absolute Gasteiger partial charge is 0.310 e. The summed E-state index contributed by atoms with van der Waals surface area (Å²) in [5.74, 6) is 0.579. The van der Waals surface area contributed by atoms with Crippen LogP contribution >= 0.6 is 11.6 Å². The second-order valence-electron chi connectivity index (χ2n) is 5.57. The van der Waals surface area contributed by atoms with Crippen LogP contribution in [0.5, 0.6) is 0 Å². The summed E-state index contributed by atoms with van der Waals surface area (Å²) < 4.78 is 0. The van der Waals surface area contributed by atoms with Crippen LogP contribution in [0.2, 0.25) is 5.02 Å². The Morgan fingerprint density at radius 3 is 2.38 bits per heavy atom. The van der Waals surface area contributed by atoms with Gasteiger partial charge < -0.3 is 5.32 Å². The predicted molar refractivity (Wildman–Crippen MR) is 92.0 cm³/mol. The first-order chi connectivity index (χ1) is 10.2. The molecule has 0 aliphatic carbocycles. The Morgan fingerprint density at radius 2 is 1.71 bits per heavy atom. The van der Waals surface area contributed by atoms with E-state index in [1.54, 1.807) is 0 Å². The van der Waals surface area contributed by atoms with E-state index >= 15 is 0 Å². The van der Waals surface area contributed by atoms with Gasteiger partial charge in [-0.05, 0) is 48.6 Å². The summed E-state index contributed by atoms with van der Waals surface area (Å²) in [5, 5.41) is 4.47. The van der Waals surface area contributed by atoms with Crippen molar-refractivity contribution in [2.45, 2.75) is 38.6 Å². The Hall–Kier alpha value is -1.31. The highest BCUT2D eigenvalue weighted by atomic mass is 35.5. The molecule has 1 nitrogen and oxygen atoms in total. The molecule has 0 aliphatic rings. The van der Waals surface area contributed by atoms with Crippen LogP contribution in [0.15, 0.2) is 54.6 Å². The molecule has 0 aliphatic heterocycles. The van der Waals surface area contributed by atoms with Crippen molar-refractivity contribution in [3.8, 4) is 0 Å². The molecular formula is C19H24ClN. The van der Waals surface area contributed by atoms with Crippen molar-refractivity contribution in [2.24, 2.45) is 0 Å². The summed E-state index contributed by atoms with van der Waals surface area (Å²) in [6.45, 7) is 5.51. The minimum atomic E-state index is 0.381. The van der Waals surface area contributed by atoms with Crippen molar-refractivity contribution in [3.05, 3.63) is 70.7 Å². The van der Waals surface area contributed by atoms with E-state index in [1.165, 1.54) is 11.1 Å². The van der Waals surface area contributed by atoms with E-state index in [1.807, 2.05) is 12.1 Å². The zero-order valence-corrected chi connectivity index (χ0v) is 13.6. The van der Waals surface area contributed by atoms with Gasteiger partial charge in [-0.2, -0.15) is 0 Å². The molecule has 0 heterocycles. The Labute approximate surface area is 133 Å². The van der Waals surface area contributed by atoms with Gasteiger partial charge in [0.2, 0.25) is 0 Å². The van der Waals surface area contributed by atoms with Gasteiger partial charge in [0.1, 0.15) is 0 Å².